The zero-order valence-electron chi connectivity index (χ0n) is 11.7. The molecule has 0 aromatic heterocycles. The van der Waals surface area contributed by atoms with Gasteiger partial charge in [0.05, 0.1) is 5.56 Å². The van der Waals surface area contributed by atoms with Crippen molar-refractivity contribution in [2.45, 2.75) is 32.3 Å². The third kappa shape index (κ3) is 3.87. The maximum absolute atomic E-state index is 12.3. The highest BCUT2D eigenvalue weighted by molar-refractivity contribution is 6.35. The van der Waals surface area contributed by atoms with E-state index in [0.717, 1.165) is 25.9 Å². The molecule has 1 aliphatic heterocycles. The van der Waals surface area contributed by atoms with Crippen molar-refractivity contribution in [1.29, 1.82) is 0 Å². The summed E-state index contributed by atoms with van der Waals surface area (Å²) in [6.45, 7) is 5.86. The number of rotatable bonds is 3. The maximum Gasteiger partial charge on any atom is 0.338 e. The molecule has 0 bridgehead atoms. The van der Waals surface area contributed by atoms with Crippen LogP contribution in [0.25, 0.3) is 0 Å². The van der Waals surface area contributed by atoms with E-state index in [4.69, 9.17) is 27.9 Å². The summed E-state index contributed by atoms with van der Waals surface area (Å²) in [6.07, 6.45) is 2.02. The highest BCUT2D eigenvalue weighted by Crippen LogP contribution is 2.30. The molecule has 3 nitrogen and oxygen atoms in total. The van der Waals surface area contributed by atoms with Crippen LogP contribution in [0, 0.1) is 5.92 Å². The van der Waals surface area contributed by atoms with Gasteiger partial charge in [-0.2, -0.15) is 0 Å². The molecule has 1 aromatic rings. The van der Waals surface area contributed by atoms with E-state index in [0.29, 0.717) is 21.5 Å². The summed E-state index contributed by atoms with van der Waals surface area (Å²) in [7, 11) is 0. The van der Waals surface area contributed by atoms with Gasteiger partial charge in [0.25, 0.3) is 0 Å². The smallest absolute Gasteiger partial charge is 0.338 e. The second-order valence-electron chi connectivity index (χ2n) is 5.68. The summed E-state index contributed by atoms with van der Waals surface area (Å²) in [6, 6.07) is 4.75. The number of carbonyl (C=O) groups is 1. The molecule has 0 spiro atoms. The third-order valence-corrected chi connectivity index (χ3v) is 4.21. The van der Waals surface area contributed by atoms with Crippen LogP contribution in [0.2, 0.25) is 10.0 Å². The molecule has 0 aliphatic carbocycles. The van der Waals surface area contributed by atoms with E-state index in [1.165, 1.54) is 0 Å². The first-order chi connectivity index (χ1) is 9.38. The van der Waals surface area contributed by atoms with E-state index in [1.807, 2.05) is 13.8 Å². The number of hydrogen-bond acceptors (Lipinski definition) is 3. The van der Waals surface area contributed by atoms with Crippen molar-refractivity contribution < 1.29 is 9.53 Å². The summed E-state index contributed by atoms with van der Waals surface area (Å²) in [5.74, 6) is -0.0136. The molecule has 20 heavy (non-hydrogen) atoms. The van der Waals surface area contributed by atoms with Gasteiger partial charge < -0.3 is 10.1 Å². The van der Waals surface area contributed by atoms with Crippen LogP contribution in [-0.2, 0) is 4.74 Å². The monoisotopic (exact) mass is 315 g/mol. The van der Waals surface area contributed by atoms with Crippen LogP contribution >= 0.6 is 23.2 Å². The summed E-state index contributed by atoms with van der Waals surface area (Å²) in [4.78, 5) is 12.3. The predicted molar refractivity (Wildman–Crippen MR) is 81.6 cm³/mol. The molecule has 0 amide bonds. The van der Waals surface area contributed by atoms with E-state index in [1.54, 1.807) is 18.2 Å². The lowest BCUT2D eigenvalue weighted by atomic mass is 9.83. The fraction of sp³-hybridized carbons (Fsp3) is 0.533. The number of piperidine rings is 1. The van der Waals surface area contributed by atoms with E-state index in [-0.39, 0.29) is 5.97 Å². The Kier molecular flexibility index (Phi) is 4.95. The third-order valence-electron chi connectivity index (χ3n) is 3.78. The molecule has 1 fully saturated rings. The number of ether oxygens (including phenoxy) is 1. The van der Waals surface area contributed by atoms with Crippen molar-refractivity contribution in [2.24, 2.45) is 5.92 Å². The fourth-order valence-corrected chi connectivity index (χ4v) is 3.10. The van der Waals surface area contributed by atoms with Crippen LogP contribution < -0.4 is 5.32 Å². The summed E-state index contributed by atoms with van der Waals surface area (Å²) < 4.78 is 5.69. The molecule has 1 heterocycles. The molecule has 0 atom stereocenters. The van der Waals surface area contributed by atoms with Crippen molar-refractivity contribution in [3.8, 4) is 0 Å². The number of halogens is 2. The van der Waals surface area contributed by atoms with E-state index >= 15 is 0 Å². The SMILES string of the molecule is CC(C)(OC(=O)c1cc(Cl)cc(Cl)c1)C1CCNCC1. The molecule has 1 saturated heterocycles. The zero-order chi connectivity index (χ0) is 14.8. The molecule has 5 heteroatoms. The minimum Gasteiger partial charge on any atom is -0.456 e. The lowest BCUT2D eigenvalue weighted by molar-refractivity contribution is -0.0368. The second kappa shape index (κ2) is 6.33. The normalized spacial score (nSPS) is 17.0. The Bertz CT molecular complexity index is 476. The molecular formula is C15H19Cl2NO2. The van der Waals surface area contributed by atoms with Crippen molar-refractivity contribution in [2.75, 3.05) is 13.1 Å². The Morgan fingerprint density at radius 3 is 2.30 bits per heavy atom. The minimum absolute atomic E-state index is 0.363. The van der Waals surface area contributed by atoms with Gasteiger partial charge in [-0.05, 0) is 58.0 Å². The number of benzene rings is 1. The first-order valence-electron chi connectivity index (χ1n) is 6.78. The molecule has 1 aliphatic rings. The average Bonchev–Trinajstić information content (AvgIpc) is 2.38. The number of carbonyl (C=O) groups excluding carboxylic acids is 1. The lowest BCUT2D eigenvalue weighted by Crippen LogP contribution is -2.42. The van der Waals surface area contributed by atoms with Crippen molar-refractivity contribution >= 4 is 29.2 Å². The zero-order valence-corrected chi connectivity index (χ0v) is 13.2. The van der Waals surface area contributed by atoms with Gasteiger partial charge in [0, 0.05) is 16.0 Å². The van der Waals surface area contributed by atoms with Gasteiger partial charge in [0.2, 0.25) is 0 Å². The summed E-state index contributed by atoms with van der Waals surface area (Å²) in [5.41, 5.74) is -0.0990. The molecule has 0 saturated carbocycles. The van der Waals surface area contributed by atoms with Crippen LogP contribution in [0.3, 0.4) is 0 Å². The van der Waals surface area contributed by atoms with Crippen molar-refractivity contribution in [3.05, 3.63) is 33.8 Å². The van der Waals surface area contributed by atoms with Gasteiger partial charge in [-0.1, -0.05) is 23.2 Å². The predicted octanol–water partition coefficient (Wildman–Crippen LogP) is 3.93. The highest BCUT2D eigenvalue weighted by Gasteiger charge is 2.34. The number of nitrogens with one attached hydrogen (secondary N) is 1. The first kappa shape index (κ1) is 15.6. The van der Waals surface area contributed by atoms with Gasteiger partial charge in [-0.15, -0.1) is 0 Å². The van der Waals surface area contributed by atoms with Crippen LogP contribution in [0.4, 0.5) is 0 Å². The lowest BCUT2D eigenvalue weighted by Gasteiger charge is -2.36. The summed E-state index contributed by atoms with van der Waals surface area (Å²) >= 11 is 11.8. The Balaban J connectivity index is 2.09. The minimum atomic E-state index is -0.492. The molecular weight excluding hydrogens is 297 g/mol. The van der Waals surface area contributed by atoms with Gasteiger partial charge in [0.15, 0.2) is 0 Å². The maximum atomic E-state index is 12.3. The van der Waals surface area contributed by atoms with E-state index in [9.17, 15) is 4.79 Å². The quantitative estimate of drug-likeness (QED) is 0.859. The number of esters is 1. The number of hydrogen-bond donors (Lipinski definition) is 1. The van der Waals surface area contributed by atoms with Crippen molar-refractivity contribution in [1.82, 2.24) is 5.32 Å². The summed E-state index contributed by atoms with van der Waals surface area (Å²) in [5, 5.41) is 4.18. The molecule has 1 aromatic carbocycles. The molecule has 0 unspecified atom stereocenters. The second-order valence-corrected chi connectivity index (χ2v) is 6.55. The van der Waals surface area contributed by atoms with Gasteiger partial charge >= 0.3 is 5.97 Å². The first-order valence-corrected chi connectivity index (χ1v) is 7.54. The molecule has 110 valence electrons. The molecule has 0 radical (unpaired) electrons. The molecule has 2 rings (SSSR count). The Morgan fingerprint density at radius 1 is 1.20 bits per heavy atom. The van der Waals surface area contributed by atoms with Gasteiger partial charge in [-0.3, -0.25) is 0 Å². The Hall–Kier alpha value is -0.770. The largest absolute Gasteiger partial charge is 0.456 e. The van der Waals surface area contributed by atoms with Crippen LogP contribution in [0.5, 0.6) is 0 Å². The van der Waals surface area contributed by atoms with Gasteiger partial charge in [-0.25, -0.2) is 4.79 Å². The van der Waals surface area contributed by atoms with Gasteiger partial charge in [0.1, 0.15) is 5.60 Å². The van der Waals surface area contributed by atoms with Crippen LogP contribution in [-0.4, -0.2) is 24.7 Å². The average molecular weight is 316 g/mol. The fourth-order valence-electron chi connectivity index (χ4n) is 2.57. The van der Waals surface area contributed by atoms with Crippen molar-refractivity contribution in [3.63, 3.8) is 0 Å². The van der Waals surface area contributed by atoms with Crippen LogP contribution in [0.15, 0.2) is 18.2 Å². The topological polar surface area (TPSA) is 38.3 Å². The Morgan fingerprint density at radius 2 is 1.75 bits per heavy atom. The van der Waals surface area contributed by atoms with E-state index < -0.39 is 5.60 Å². The highest BCUT2D eigenvalue weighted by atomic mass is 35.5. The standard InChI is InChI=1S/C15H19Cl2NO2/c1-15(2,11-3-5-18-6-4-11)20-14(19)10-7-12(16)9-13(17)8-10/h7-9,11,18H,3-6H2,1-2H3. The van der Waals surface area contributed by atoms with Crippen LogP contribution in [0.1, 0.15) is 37.0 Å². The Labute approximate surface area is 129 Å². The molecule has 1 N–H and O–H groups in total. The van der Waals surface area contributed by atoms with E-state index in [2.05, 4.69) is 5.32 Å².